The molecule has 0 saturated carbocycles. The van der Waals surface area contributed by atoms with Gasteiger partial charge in [0.2, 0.25) is 10.0 Å². The molecule has 1 fully saturated rings. The number of sulfonamides is 1. The van der Waals surface area contributed by atoms with Gasteiger partial charge in [0.25, 0.3) is 0 Å². The van der Waals surface area contributed by atoms with Gasteiger partial charge in [-0.15, -0.1) is 0 Å². The van der Waals surface area contributed by atoms with Gasteiger partial charge in [0.15, 0.2) is 0 Å². The van der Waals surface area contributed by atoms with E-state index in [4.69, 9.17) is 10.00 Å². The first-order valence-electron chi connectivity index (χ1n) is 7.72. The third-order valence-corrected chi connectivity index (χ3v) is 6.16. The van der Waals surface area contributed by atoms with Crippen LogP contribution in [0.5, 0.6) is 5.75 Å². The maximum Gasteiger partial charge on any atom is 0.243 e. The number of hydrogen-bond donors (Lipinski definition) is 0. The van der Waals surface area contributed by atoms with Crippen LogP contribution in [0.15, 0.2) is 53.4 Å². The number of nitrogens with zero attached hydrogens (tertiary/aromatic N) is 2. The Bertz CT molecular complexity index is 887. The summed E-state index contributed by atoms with van der Waals surface area (Å²) in [7, 11) is -2.05. The van der Waals surface area contributed by atoms with Gasteiger partial charge in [0.1, 0.15) is 5.75 Å². The molecule has 0 amide bonds. The maximum atomic E-state index is 13.0. The Labute approximate surface area is 142 Å². The molecule has 1 heterocycles. The topological polar surface area (TPSA) is 70.4 Å². The molecular formula is C18H18N2O3S. The van der Waals surface area contributed by atoms with Gasteiger partial charge in [-0.2, -0.15) is 9.57 Å². The van der Waals surface area contributed by atoms with Gasteiger partial charge >= 0.3 is 0 Å². The van der Waals surface area contributed by atoms with Crippen molar-refractivity contribution in [2.75, 3.05) is 13.7 Å². The molecule has 1 aliphatic rings. The van der Waals surface area contributed by atoms with Crippen LogP contribution >= 0.6 is 0 Å². The third kappa shape index (κ3) is 3.01. The molecule has 0 aromatic heterocycles. The molecule has 1 atom stereocenters. The molecule has 5 nitrogen and oxygen atoms in total. The van der Waals surface area contributed by atoms with Crippen molar-refractivity contribution in [3.8, 4) is 11.8 Å². The van der Waals surface area contributed by atoms with Crippen molar-refractivity contribution >= 4 is 10.0 Å². The van der Waals surface area contributed by atoms with E-state index in [0.717, 1.165) is 18.4 Å². The second-order valence-corrected chi connectivity index (χ2v) is 7.58. The fourth-order valence-corrected chi connectivity index (χ4v) is 4.80. The van der Waals surface area contributed by atoms with Gasteiger partial charge in [-0.3, -0.25) is 0 Å². The summed E-state index contributed by atoms with van der Waals surface area (Å²) in [5.74, 6) is 0.711. The van der Waals surface area contributed by atoms with Gasteiger partial charge in [0, 0.05) is 6.54 Å². The summed E-state index contributed by atoms with van der Waals surface area (Å²) in [6, 6.07) is 15.5. The van der Waals surface area contributed by atoms with E-state index in [0.29, 0.717) is 17.9 Å². The lowest BCUT2D eigenvalue weighted by molar-refractivity contribution is 0.390. The molecule has 0 N–H and O–H groups in total. The molecule has 1 aliphatic heterocycles. The molecule has 3 rings (SSSR count). The highest BCUT2D eigenvalue weighted by atomic mass is 32.2. The zero-order valence-electron chi connectivity index (χ0n) is 13.3. The molecule has 0 spiro atoms. The van der Waals surface area contributed by atoms with Crippen LogP contribution in [0.4, 0.5) is 0 Å². The van der Waals surface area contributed by atoms with E-state index < -0.39 is 10.0 Å². The second-order valence-electron chi connectivity index (χ2n) is 5.69. The highest BCUT2D eigenvalue weighted by Gasteiger charge is 2.36. The fraction of sp³-hybridized carbons (Fsp3) is 0.278. The van der Waals surface area contributed by atoms with Crippen LogP contribution in [0.3, 0.4) is 0 Å². The largest absolute Gasteiger partial charge is 0.497 e. The lowest BCUT2D eigenvalue weighted by atomic mass is 10.1. The van der Waals surface area contributed by atoms with Gasteiger partial charge in [-0.05, 0) is 48.7 Å². The number of nitriles is 1. The van der Waals surface area contributed by atoms with Gasteiger partial charge in [-0.1, -0.05) is 18.2 Å². The van der Waals surface area contributed by atoms with Gasteiger partial charge in [0.05, 0.1) is 29.7 Å². The molecular weight excluding hydrogens is 324 g/mol. The maximum absolute atomic E-state index is 13.0. The molecule has 124 valence electrons. The average Bonchev–Trinajstić information content (AvgIpc) is 3.12. The first-order chi connectivity index (χ1) is 11.6. The van der Waals surface area contributed by atoms with Crippen molar-refractivity contribution in [1.82, 2.24) is 4.31 Å². The Morgan fingerprint density at radius 2 is 2.00 bits per heavy atom. The number of benzene rings is 2. The van der Waals surface area contributed by atoms with Crippen molar-refractivity contribution in [3.63, 3.8) is 0 Å². The van der Waals surface area contributed by atoms with E-state index in [2.05, 4.69) is 0 Å². The van der Waals surface area contributed by atoms with Crippen molar-refractivity contribution in [2.45, 2.75) is 23.8 Å². The molecule has 6 heteroatoms. The van der Waals surface area contributed by atoms with E-state index in [1.165, 1.54) is 16.4 Å². The predicted octanol–water partition coefficient (Wildman–Crippen LogP) is 3.09. The van der Waals surface area contributed by atoms with Crippen LogP contribution in [-0.2, 0) is 10.0 Å². The van der Waals surface area contributed by atoms with E-state index >= 15 is 0 Å². The smallest absolute Gasteiger partial charge is 0.243 e. The Balaban J connectivity index is 1.98. The van der Waals surface area contributed by atoms with Crippen LogP contribution in [0.25, 0.3) is 0 Å². The fourth-order valence-electron chi connectivity index (χ4n) is 3.07. The summed E-state index contributed by atoms with van der Waals surface area (Å²) in [5, 5.41) is 9.01. The molecule has 1 unspecified atom stereocenters. The van der Waals surface area contributed by atoms with Crippen molar-refractivity contribution < 1.29 is 13.2 Å². The van der Waals surface area contributed by atoms with Crippen LogP contribution in [0.1, 0.15) is 30.0 Å². The molecule has 2 aromatic carbocycles. The minimum Gasteiger partial charge on any atom is -0.497 e. The third-order valence-electron chi connectivity index (χ3n) is 4.25. The minimum atomic E-state index is -3.65. The first-order valence-corrected chi connectivity index (χ1v) is 9.16. The monoisotopic (exact) mass is 342 g/mol. The SMILES string of the molecule is COc1cccc(C2CCCN2S(=O)(=O)c2cccc(C#N)c2)c1. The van der Waals surface area contributed by atoms with E-state index in [-0.39, 0.29) is 10.9 Å². The molecule has 2 aromatic rings. The average molecular weight is 342 g/mol. The van der Waals surface area contributed by atoms with Crippen LogP contribution in [0, 0.1) is 11.3 Å². The Morgan fingerprint density at radius 1 is 1.21 bits per heavy atom. The quantitative estimate of drug-likeness (QED) is 0.856. The van der Waals surface area contributed by atoms with Gasteiger partial charge in [-0.25, -0.2) is 8.42 Å². The molecule has 0 radical (unpaired) electrons. The normalized spacial score (nSPS) is 18.2. The van der Waals surface area contributed by atoms with E-state index in [1.54, 1.807) is 19.2 Å². The highest BCUT2D eigenvalue weighted by molar-refractivity contribution is 7.89. The second kappa shape index (κ2) is 6.63. The summed E-state index contributed by atoms with van der Waals surface area (Å²) in [4.78, 5) is 0.163. The molecule has 0 aliphatic carbocycles. The molecule has 0 bridgehead atoms. The van der Waals surface area contributed by atoms with Gasteiger partial charge < -0.3 is 4.74 Å². The minimum absolute atomic E-state index is 0.163. The lowest BCUT2D eigenvalue weighted by Gasteiger charge is -2.24. The number of hydrogen-bond acceptors (Lipinski definition) is 4. The summed E-state index contributed by atoms with van der Waals surface area (Å²) in [6.07, 6.45) is 1.57. The standard InChI is InChI=1S/C18H18N2O3S/c1-23-16-7-3-6-15(12-16)18-9-4-10-20(18)24(21,22)17-8-2-5-14(11-17)13-19/h2-3,5-8,11-12,18H,4,9-10H2,1H3. The molecule has 24 heavy (non-hydrogen) atoms. The lowest BCUT2D eigenvalue weighted by Crippen LogP contribution is -2.30. The van der Waals surface area contributed by atoms with E-state index in [9.17, 15) is 8.42 Å². The summed E-state index contributed by atoms with van der Waals surface area (Å²) in [5.41, 5.74) is 1.26. The van der Waals surface area contributed by atoms with Crippen LogP contribution in [0.2, 0.25) is 0 Å². The number of methoxy groups -OCH3 is 1. The first kappa shape index (κ1) is 16.5. The zero-order chi connectivity index (χ0) is 17.2. The van der Waals surface area contributed by atoms with Crippen molar-refractivity contribution in [2.24, 2.45) is 0 Å². The zero-order valence-corrected chi connectivity index (χ0v) is 14.2. The van der Waals surface area contributed by atoms with Crippen molar-refractivity contribution in [1.29, 1.82) is 5.26 Å². The molecule has 1 saturated heterocycles. The summed E-state index contributed by atoms with van der Waals surface area (Å²) >= 11 is 0. The highest BCUT2D eigenvalue weighted by Crippen LogP contribution is 2.37. The number of rotatable bonds is 4. The summed E-state index contributed by atoms with van der Waals surface area (Å²) in [6.45, 7) is 0.473. The Kier molecular flexibility index (Phi) is 4.56. The van der Waals surface area contributed by atoms with Crippen LogP contribution < -0.4 is 4.74 Å². The van der Waals surface area contributed by atoms with Crippen LogP contribution in [-0.4, -0.2) is 26.4 Å². The number of ether oxygens (including phenoxy) is 1. The summed E-state index contributed by atoms with van der Waals surface area (Å²) < 4.78 is 32.8. The van der Waals surface area contributed by atoms with E-state index in [1.807, 2.05) is 30.3 Å². The van der Waals surface area contributed by atoms with Crippen molar-refractivity contribution in [3.05, 3.63) is 59.7 Å². The predicted molar refractivity (Wildman–Crippen MR) is 90.0 cm³/mol. The Hall–Kier alpha value is -2.36. The Morgan fingerprint density at radius 3 is 2.75 bits per heavy atom.